The molecule has 0 aliphatic carbocycles. The molecule has 0 aromatic carbocycles. The highest BCUT2D eigenvalue weighted by molar-refractivity contribution is 8.01. The van der Waals surface area contributed by atoms with Gasteiger partial charge in [0.1, 0.15) is 0 Å². The molecule has 1 atom stereocenters. The first-order chi connectivity index (χ1) is 13.7. The third-order valence-electron chi connectivity index (χ3n) is 5.46. The number of fused-ring (bicyclic) bond motifs is 1. The van der Waals surface area contributed by atoms with Crippen molar-refractivity contribution in [1.82, 2.24) is 34.8 Å². The van der Waals surface area contributed by atoms with Gasteiger partial charge < -0.3 is 15.6 Å². The van der Waals surface area contributed by atoms with Crippen LogP contribution in [-0.2, 0) is 0 Å². The van der Waals surface area contributed by atoms with E-state index >= 15 is 0 Å². The highest BCUT2D eigenvalue weighted by atomic mass is 32.2. The summed E-state index contributed by atoms with van der Waals surface area (Å²) < 4.78 is 5.55. The summed E-state index contributed by atoms with van der Waals surface area (Å²) >= 11 is 1.61. The molecule has 4 N–H and O–H groups in total. The van der Waals surface area contributed by atoms with Gasteiger partial charge in [0, 0.05) is 43.5 Å². The molecule has 0 spiro atoms. The van der Waals surface area contributed by atoms with Crippen LogP contribution in [0.4, 0.5) is 5.82 Å². The molecule has 28 heavy (non-hydrogen) atoms. The Bertz CT molecular complexity index is 943. The molecule has 8 nitrogen and oxygen atoms in total. The lowest BCUT2D eigenvalue weighted by Gasteiger charge is -2.23. The smallest absolute Gasteiger partial charge is 0.180 e. The van der Waals surface area contributed by atoms with Gasteiger partial charge in [0.2, 0.25) is 0 Å². The van der Waals surface area contributed by atoms with E-state index in [2.05, 4.69) is 50.6 Å². The lowest BCUT2D eigenvalue weighted by atomic mass is 9.95. The summed E-state index contributed by atoms with van der Waals surface area (Å²) in [5, 5.41) is 10.0. The maximum absolute atomic E-state index is 5.02. The molecule has 1 fully saturated rings. The molecule has 148 valence electrons. The first-order valence-electron chi connectivity index (χ1n) is 9.85. The largest absolute Gasteiger partial charge is 0.331 e. The first kappa shape index (κ1) is 18.0. The van der Waals surface area contributed by atoms with E-state index in [-0.39, 0.29) is 0 Å². The van der Waals surface area contributed by atoms with Crippen molar-refractivity contribution < 1.29 is 0 Å². The van der Waals surface area contributed by atoms with E-state index in [1.54, 1.807) is 11.9 Å². The maximum Gasteiger partial charge on any atom is 0.180 e. The van der Waals surface area contributed by atoms with Crippen molar-refractivity contribution in [3.63, 3.8) is 0 Å². The average Bonchev–Trinajstić information content (AvgIpc) is 3.42. The average molecular weight is 399 g/mol. The Morgan fingerprint density at radius 3 is 2.86 bits per heavy atom. The number of nitrogens with one attached hydrogen (secondary N) is 4. The van der Waals surface area contributed by atoms with Gasteiger partial charge in [0.15, 0.2) is 11.5 Å². The monoisotopic (exact) mass is 398 g/mol. The molecule has 0 radical (unpaired) electrons. The zero-order valence-corrected chi connectivity index (χ0v) is 17.0. The SMILES string of the molecule is CC1C=C(Nc2nc(C3CCNCC3)cn3c(C4=CN(C)NC4)cnc23)SN1. The topological polar surface area (TPSA) is 81.6 Å². The summed E-state index contributed by atoms with van der Waals surface area (Å²) in [5.74, 6) is 1.30. The number of piperidine rings is 1. The van der Waals surface area contributed by atoms with Crippen molar-refractivity contribution >= 4 is 29.0 Å². The Morgan fingerprint density at radius 1 is 1.29 bits per heavy atom. The summed E-state index contributed by atoms with van der Waals surface area (Å²) in [6.45, 7) is 5.04. The van der Waals surface area contributed by atoms with Crippen molar-refractivity contribution in [3.05, 3.63) is 41.1 Å². The van der Waals surface area contributed by atoms with E-state index in [4.69, 9.17) is 9.97 Å². The molecular formula is C19H26N8S. The van der Waals surface area contributed by atoms with Crippen LogP contribution in [-0.4, -0.2) is 52.1 Å². The second-order valence-corrected chi connectivity index (χ2v) is 8.52. The number of aromatic nitrogens is 3. The van der Waals surface area contributed by atoms with Gasteiger partial charge in [-0.1, -0.05) is 0 Å². The molecule has 1 unspecified atom stereocenters. The Hall–Kier alpha value is -2.07. The zero-order chi connectivity index (χ0) is 19.1. The molecule has 1 saturated heterocycles. The second kappa shape index (κ2) is 7.40. The van der Waals surface area contributed by atoms with E-state index in [1.165, 1.54) is 5.57 Å². The van der Waals surface area contributed by atoms with Crippen LogP contribution in [0.15, 0.2) is 29.7 Å². The minimum absolute atomic E-state index is 0.344. The normalized spacial score (nSPS) is 23.4. The fraction of sp³-hybridized carbons (Fsp3) is 0.474. The Morgan fingerprint density at radius 2 is 2.14 bits per heavy atom. The van der Waals surface area contributed by atoms with Crippen LogP contribution in [0.5, 0.6) is 0 Å². The fourth-order valence-corrected chi connectivity index (χ4v) is 4.77. The van der Waals surface area contributed by atoms with Crippen LogP contribution >= 0.6 is 11.9 Å². The fourth-order valence-electron chi connectivity index (χ4n) is 3.97. The van der Waals surface area contributed by atoms with E-state index < -0.39 is 0 Å². The highest BCUT2D eigenvalue weighted by Crippen LogP contribution is 2.31. The molecule has 9 heteroatoms. The van der Waals surface area contributed by atoms with E-state index in [0.717, 1.165) is 60.4 Å². The van der Waals surface area contributed by atoms with Gasteiger partial charge in [-0.2, -0.15) is 0 Å². The van der Waals surface area contributed by atoms with E-state index in [9.17, 15) is 0 Å². The molecule has 5 rings (SSSR count). The van der Waals surface area contributed by atoms with Crippen LogP contribution in [0, 0.1) is 0 Å². The van der Waals surface area contributed by atoms with Gasteiger partial charge in [0.25, 0.3) is 0 Å². The molecule has 3 aliphatic rings. The van der Waals surface area contributed by atoms with Gasteiger partial charge in [-0.15, -0.1) is 0 Å². The molecular weight excluding hydrogens is 372 g/mol. The Labute approximate surface area is 169 Å². The van der Waals surface area contributed by atoms with Crippen molar-refractivity contribution in [2.75, 3.05) is 32.0 Å². The quantitative estimate of drug-likeness (QED) is 0.582. The third kappa shape index (κ3) is 3.39. The molecule has 0 bridgehead atoms. The summed E-state index contributed by atoms with van der Waals surface area (Å²) in [5.41, 5.74) is 7.67. The predicted octanol–water partition coefficient (Wildman–Crippen LogP) is 1.88. The number of hydrogen-bond acceptors (Lipinski definition) is 8. The molecule has 2 aromatic rings. The van der Waals surface area contributed by atoms with Crippen LogP contribution in [0.3, 0.4) is 0 Å². The number of rotatable bonds is 4. The van der Waals surface area contributed by atoms with Crippen LogP contribution in [0.1, 0.15) is 37.1 Å². The van der Waals surface area contributed by atoms with Gasteiger partial charge in [0.05, 0.1) is 22.6 Å². The van der Waals surface area contributed by atoms with Crippen LogP contribution < -0.4 is 20.8 Å². The van der Waals surface area contributed by atoms with Gasteiger partial charge in [-0.3, -0.25) is 9.12 Å². The van der Waals surface area contributed by atoms with Gasteiger partial charge >= 0.3 is 0 Å². The van der Waals surface area contributed by atoms with E-state index in [0.29, 0.717) is 12.0 Å². The van der Waals surface area contributed by atoms with Gasteiger partial charge in [-0.25, -0.2) is 15.4 Å². The summed E-state index contributed by atoms with van der Waals surface area (Å²) in [7, 11) is 2.02. The molecule has 0 saturated carbocycles. The molecule has 2 aromatic heterocycles. The summed E-state index contributed by atoms with van der Waals surface area (Å²) in [4.78, 5) is 9.74. The Kier molecular flexibility index (Phi) is 4.75. The molecule has 3 aliphatic heterocycles. The standard InChI is InChI=1S/C19H26N8S/c1-12-7-17(28-25-12)24-18-19-21-9-16(14-8-22-26(2)10-14)27(19)11-15(23-18)13-3-5-20-6-4-13/h7,9-13,20,22,25H,3-6,8H2,1-2H3,(H,23,24). The second-order valence-electron chi connectivity index (χ2n) is 7.64. The summed E-state index contributed by atoms with van der Waals surface area (Å²) in [6.07, 6.45) is 10.7. The predicted molar refractivity (Wildman–Crippen MR) is 113 cm³/mol. The van der Waals surface area contributed by atoms with Gasteiger partial charge in [-0.05, 0) is 50.9 Å². The first-order valence-corrected chi connectivity index (χ1v) is 10.7. The van der Waals surface area contributed by atoms with E-state index in [1.807, 2.05) is 18.3 Å². The number of hydrazine groups is 1. The minimum atomic E-state index is 0.344. The Balaban J connectivity index is 1.59. The number of anilines is 1. The van der Waals surface area contributed by atoms with Crippen molar-refractivity contribution in [2.45, 2.75) is 31.7 Å². The van der Waals surface area contributed by atoms with Crippen molar-refractivity contribution in [1.29, 1.82) is 0 Å². The lowest BCUT2D eigenvalue weighted by molar-refractivity contribution is 0.374. The number of imidazole rings is 1. The third-order valence-corrected chi connectivity index (χ3v) is 6.41. The maximum atomic E-state index is 5.02. The highest BCUT2D eigenvalue weighted by Gasteiger charge is 2.23. The minimum Gasteiger partial charge on any atom is -0.331 e. The number of hydrogen-bond donors (Lipinski definition) is 4. The van der Waals surface area contributed by atoms with Crippen LogP contribution in [0.25, 0.3) is 11.2 Å². The summed E-state index contributed by atoms with van der Waals surface area (Å²) in [6, 6.07) is 0.344. The van der Waals surface area contributed by atoms with Crippen molar-refractivity contribution in [2.24, 2.45) is 0 Å². The molecule has 5 heterocycles. The van der Waals surface area contributed by atoms with Crippen molar-refractivity contribution in [3.8, 4) is 0 Å². The molecule has 0 amide bonds. The van der Waals surface area contributed by atoms with Crippen LogP contribution in [0.2, 0.25) is 0 Å². The lowest BCUT2D eigenvalue weighted by Crippen LogP contribution is -2.27. The zero-order valence-electron chi connectivity index (χ0n) is 16.2. The number of nitrogens with zero attached hydrogens (tertiary/aromatic N) is 4.